The Morgan fingerprint density at radius 2 is 1.68 bits per heavy atom. The number of amides is 4. The smallest absolute Gasteiger partial charge is 0.321 e. The lowest BCUT2D eigenvalue weighted by atomic mass is 10.2. The van der Waals surface area contributed by atoms with Crippen LogP contribution in [0.1, 0.15) is 5.56 Å². The maximum absolute atomic E-state index is 12.1. The van der Waals surface area contributed by atoms with Gasteiger partial charge in [0.05, 0.1) is 20.2 Å². The molecular formula is C20H24N4O4. The first kappa shape index (κ1) is 20.9. The predicted octanol–water partition coefficient (Wildman–Crippen LogP) is 1.59. The van der Waals surface area contributed by atoms with E-state index >= 15 is 0 Å². The van der Waals surface area contributed by atoms with Crippen LogP contribution in [0.4, 0.5) is 10.5 Å². The number of anilines is 1. The number of benzene rings is 2. The normalized spacial score (nSPS) is 10.2. The summed E-state index contributed by atoms with van der Waals surface area (Å²) in [6.07, 6.45) is 0. The van der Waals surface area contributed by atoms with Crippen molar-refractivity contribution in [3.63, 3.8) is 0 Å². The maximum atomic E-state index is 12.1. The van der Waals surface area contributed by atoms with Gasteiger partial charge in [-0.1, -0.05) is 36.4 Å². The number of urea groups is 1. The molecule has 0 radical (unpaired) electrons. The molecule has 3 N–H and O–H groups in total. The average molecular weight is 384 g/mol. The highest BCUT2D eigenvalue weighted by Crippen LogP contribution is 2.16. The Bertz CT molecular complexity index is 811. The number of ether oxygens (including phenoxy) is 1. The Labute approximate surface area is 163 Å². The molecule has 0 spiro atoms. The van der Waals surface area contributed by atoms with Crippen LogP contribution >= 0.6 is 0 Å². The first-order valence-electron chi connectivity index (χ1n) is 8.70. The number of methoxy groups -OCH3 is 1. The summed E-state index contributed by atoms with van der Waals surface area (Å²) in [5.41, 5.74) is 1.53. The molecule has 0 unspecified atom stereocenters. The number of hydrogen-bond donors (Lipinski definition) is 3. The van der Waals surface area contributed by atoms with Gasteiger partial charge < -0.3 is 15.4 Å². The van der Waals surface area contributed by atoms with E-state index in [0.29, 0.717) is 18.0 Å². The Hall–Kier alpha value is -3.39. The van der Waals surface area contributed by atoms with Crippen LogP contribution in [0.3, 0.4) is 0 Å². The molecule has 148 valence electrons. The molecule has 0 bridgehead atoms. The zero-order valence-corrected chi connectivity index (χ0v) is 15.9. The largest absolute Gasteiger partial charge is 0.497 e. The van der Waals surface area contributed by atoms with Crippen LogP contribution in [0.2, 0.25) is 0 Å². The van der Waals surface area contributed by atoms with Gasteiger partial charge in [0, 0.05) is 18.3 Å². The minimum Gasteiger partial charge on any atom is -0.497 e. The fraction of sp³-hybridized carbons (Fsp3) is 0.250. The zero-order valence-electron chi connectivity index (χ0n) is 15.9. The minimum atomic E-state index is -0.580. The van der Waals surface area contributed by atoms with Gasteiger partial charge in [0.1, 0.15) is 5.75 Å². The molecule has 2 rings (SSSR count). The molecule has 8 heteroatoms. The fourth-order valence-electron chi connectivity index (χ4n) is 2.44. The summed E-state index contributed by atoms with van der Waals surface area (Å²) in [4.78, 5) is 37.3. The first-order chi connectivity index (χ1) is 13.5. The number of likely N-dealkylation sites (N-methyl/N-ethyl adjacent to an activating group) is 1. The molecule has 28 heavy (non-hydrogen) atoms. The monoisotopic (exact) mass is 384 g/mol. The van der Waals surface area contributed by atoms with Crippen LogP contribution in [0.15, 0.2) is 54.6 Å². The van der Waals surface area contributed by atoms with Gasteiger partial charge in [-0.15, -0.1) is 0 Å². The molecule has 2 aromatic rings. The van der Waals surface area contributed by atoms with E-state index in [9.17, 15) is 14.4 Å². The summed E-state index contributed by atoms with van der Waals surface area (Å²) >= 11 is 0. The second-order valence-electron chi connectivity index (χ2n) is 6.17. The number of carbonyl (C=O) groups is 3. The Morgan fingerprint density at radius 1 is 0.964 bits per heavy atom. The van der Waals surface area contributed by atoms with Crippen LogP contribution in [-0.4, -0.2) is 50.0 Å². The molecule has 8 nitrogen and oxygen atoms in total. The number of imide groups is 1. The van der Waals surface area contributed by atoms with Crippen molar-refractivity contribution in [3.8, 4) is 5.75 Å². The molecule has 0 atom stereocenters. The number of nitrogens with zero attached hydrogens (tertiary/aromatic N) is 1. The second kappa shape index (κ2) is 10.7. The number of carbonyl (C=O) groups excluding carboxylic acids is 3. The molecule has 4 amide bonds. The van der Waals surface area contributed by atoms with E-state index < -0.39 is 11.9 Å². The lowest BCUT2D eigenvalue weighted by Gasteiger charge is -2.16. The van der Waals surface area contributed by atoms with Crippen LogP contribution in [-0.2, 0) is 16.1 Å². The summed E-state index contributed by atoms with van der Waals surface area (Å²) in [6.45, 7) is 0.222. The van der Waals surface area contributed by atoms with Gasteiger partial charge in [0.15, 0.2) is 0 Å². The first-order valence-corrected chi connectivity index (χ1v) is 8.70. The van der Waals surface area contributed by atoms with E-state index in [-0.39, 0.29) is 19.0 Å². The lowest BCUT2D eigenvalue weighted by molar-refractivity contribution is -0.122. The summed E-state index contributed by atoms with van der Waals surface area (Å²) in [5, 5.41) is 7.58. The van der Waals surface area contributed by atoms with E-state index in [4.69, 9.17) is 4.74 Å². The van der Waals surface area contributed by atoms with Crippen molar-refractivity contribution >= 4 is 23.5 Å². The Morgan fingerprint density at radius 3 is 2.39 bits per heavy atom. The van der Waals surface area contributed by atoms with Crippen molar-refractivity contribution < 1.29 is 19.1 Å². The fourth-order valence-corrected chi connectivity index (χ4v) is 2.44. The van der Waals surface area contributed by atoms with Gasteiger partial charge in [-0.25, -0.2) is 4.79 Å². The highest BCUT2D eigenvalue weighted by atomic mass is 16.5. The third kappa shape index (κ3) is 7.46. The van der Waals surface area contributed by atoms with E-state index in [1.165, 1.54) is 4.90 Å². The maximum Gasteiger partial charge on any atom is 0.321 e. The average Bonchev–Trinajstić information content (AvgIpc) is 2.66. The van der Waals surface area contributed by atoms with Crippen LogP contribution in [0, 0.1) is 0 Å². The van der Waals surface area contributed by atoms with Gasteiger partial charge in [-0.3, -0.25) is 19.8 Å². The zero-order chi connectivity index (χ0) is 20.4. The number of nitrogens with one attached hydrogen (secondary N) is 3. The van der Waals surface area contributed by atoms with E-state index in [2.05, 4.69) is 16.0 Å². The Balaban J connectivity index is 1.70. The van der Waals surface area contributed by atoms with Gasteiger partial charge in [0.2, 0.25) is 11.8 Å². The number of rotatable bonds is 8. The third-order valence-corrected chi connectivity index (χ3v) is 3.73. The van der Waals surface area contributed by atoms with Gasteiger partial charge >= 0.3 is 6.03 Å². The quantitative estimate of drug-likeness (QED) is 0.642. The molecule has 0 fully saturated rings. The summed E-state index contributed by atoms with van der Waals surface area (Å²) in [5.74, 6) is -0.147. The van der Waals surface area contributed by atoms with Gasteiger partial charge in [-0.05, 0) is 24.7 Å². The minimum absolute atomic E-state index is 0.00371. The summed E-state index contributed by atoms with van der Waals surface area (Å²) in [6, 6.07) is 15.8. The summed E-state index contributed by atoms with van der Waals surface area (Å²) in [7, 11) is 3.16. The molecule has 0 heterocycles. The Kier molecular flexibility index (Phi) is 7.98. The molecule has 0 aromatic heterocycles. The lowest BCUT2D eigenvalue weighted by Crippen LogP contribution is -2.44. The van der Waals surface area contributed by atoms with Crippen molar-refractivity contribution in [2.24, 2.45) is 0 Å². The second-order valence-corrected chi connectivity index (χ2v) is 6.17. The standard InChI is InChI=1S/C20H24N4O4/c1-24(13-18(25)22-16-9-6-10-17(11-16)28-2)14-19(26)23-20(27)21-12-15-7-4-3-5-8-15/h3-11H,12-14H2,1-2H3,(H,22,25)(H2,21,23,26,27). The van der Waals surface area contributed by atoms with Crippen molar-refractivity contribution in [2.75, 3.05) is 32.6 Å². The molecule has 2 aromatic carbocycles. The molecule has 0 aliphatic rings. The van der Waals surface area contributed by atoms with Crippen molar-refractivity contribution in [3.05, 3.63) is 60.2 Å². The highest BCUT2D eigenvalue weighted by molar-refractivity contribution is 5.96. The van der Waals surface area contributed by atoms with Gasteiger partial charge in [-0.2, -0.15) is 0 Å². The van der Waals surface area contributed by atoms with E-state index in [0.717, 1.165) is 5.56 Å². The van der Waals surface area contributed by atoms with Gasteiger partial charge in [0.25, 0.3) is 0 Å². The van der Waals surface area contributed by atoms with E-state index in [1.807, 2.05) is 30.3 Å². The van der Waals surface area contributed by atoms with Crippen molar-refractivity contribution in [1.29, 1.82) is 0 Å². The van der Waals surface area contributed by atoms with Crippen molar-refractivity contribution in [2.45, 2.75) is 6.54 Å². The van der Waals surface area contributed by atoms with E-state index in [1.54, 1.807) is 38.4 Å². The third-order valence-electron chi connectivity index (χ3n) is 3.73. The molecule has 0 aliphatic heterocycles. The van der Waals surface area contributed by atoms with Crippen LogP contribution in [0.25, 0.3) is 0 Å². The molecule has 0 saturated carbocycles. The SMILES string of the molecule is COc1cccc(NC(=O)CN(C)CC(=O)NC(=O)NCc2ccccc2)c1. The molecule has 0 aliphatic carbocycles. The summed E-state index contributed by atoms with van der Waals surface area (Å²) < 4.78 is 5.10. The highest BCUT2D eigenvalue weighted by Gasteiger charge is 2.13. The molecular weight excluding hydrogens is 360 g/mol. The van der Waals surface area contributed by atoms with Crippen molar-refractivity contribution in [1.82, 2.24) is 15.5 Å². The van der Waals surface area contributed by atoms with Crippen LogP contribution in [0.5, 0.6) is 5.75 Å². The van der Waals surface area contributed by atoms with Crippen LogP contribution < -0.4 is 20.7 Å². The molecule has 0 saturated heterocycles. The predicted molar refractivity (Wildman–Crippen MR) is 106 cm³/mol. The topological polar surface area (TPSA) is 99.8 Å². The number of hydrogen-bond acceptors (Lipinski definition) is 5.